The van der Waals surface area contributed by atoms with E-state index in [4.69, 9.17) is 44.3 Å². The monoisotopic (exact) mass is 371 g/mol. The van der Waals surface area contributed by atoms with E-state index >= 15 is 0 Å². The van der Waals surface area contributed by atoms with Crippen molar-refractivity contribution >= 4 is 34.8 Å². The maximum atomic E-state index is 6.52. The molecule has 1 atom stereocenters. The summed E-state index contributed by atoms with van der Waals surface area (Å²) in [4.78, 5) is 0. The Morgan fingerprint density at radius 1 is 1.13 bits per heavy atom. The minimum absolute atomic E-state index is 0.0215. The van der Waals surface area contributed by atoms with Gasteiger partial charge in [-0.25, -0.2) is 0 Å². The fraction of sp³-hybridized carbons (Fsp3) is 0.294. The highest BCUT2D eigenvalue weighted by Crippen LogP contribution is 2.44. The van der Waals surface area contributed by atoms with Gasteiger partial charge in [0.05, 0.1) is 21.7 Å². The molecule has 1 aliphatic heterocycles. The summed E-state index contributed by atoms with van der Waals surface area (Å²) >= 11 is 19.1. The first-order chi connectivity index (χ1) is 11.2. The number of halogens is 3. The van der Waals surface area contributed by atoms with Gasteiger partial charge >= 0.3 is 0 Å². The molecule has 1 heterocycles. The quantitative estimate of drug-likeness (QED) is 0.845. The van der Waals surface area contributed by atoms with Gasteiger partial charge in [-0.3, -0.25) is 0 Å². The van der Waals surface area contributed by atoms with Crippen molar-refractivity contribution in [3.63, 3.8) is 0 Å². The van der Waals surface area contributed by atoms with Gasteiger partial charge in [0.1, 0.15) is 12.7 Å². The highest BCUT2D eigenvalue weighted by Gasteiger charge is 2.20. The van der Waals surface area contributed by atoms with Crippen LogP contribution in [0.2, 0.25) is 15.1 Å². The topological polar surface area (TPSA) is 30.5 Å². The molecule has 1 fully saturated rings. The average molecular weight is 373 g/mol. The van der Waals surface area contributed by atoms with Crippen molar-refractivity contribution in [2.24, 2.45) is 0 Å². The van der Waals surface area contributed by atoms with E-state index in [1.165, 1.54) is 0 Å². The summed E-state index contributed by atoms with van der Waals surface area (Å²) in [5.74, 6) is 0.436. The lowest BCUT2D eigenvalue weighted by Gasteiger charge is -2.24. The standard InChI is InChI=1S/C17H16Cl3NO2/c18-13-8-14(19)17(23-10-12-9-21-6-7-22-12)16(20)15(13)11-4-2-1-3-5-11/h1-5,8,12,21H,6-7,9-10H2/t12-/m0/s1. The fourth-order valence-electron chi connectivity index (χ4n) is 2.48. The van der Waals surface area contributed by atoms with Crippen molar-refractivity contribution in [3.8, 4) is 16.9 Å². The molecular weight excluding hydrogens is 357 g/mol. The summed E-state index contributed by atoms with van der Waals surface area (Å²) in [7, 11) is 0. The molecule has 23 heavy (non-hydrogen) atoms. The average Bonchev–Trinajstić information content (AvgIpc) is 2.56. The van der Waals surface area contributed by atoms with Crippen molar-refractivity contribution in [2.75, 3.05) is 26.3 Å². The zero-order valence-electron chi connectivity index (χ0n) is 12.3. The van der Waals surface area contributed by atoms with Crippen LogP contribution in [0.1, 0.15) is 0 Å². The van der Waals surface area contributed by atoms with Crippen LogP contribution >= 0.6 is 34.8 Å². The zero-order valence-corrected chi connectivity index (χ0v) is 14.6. The van der Waals surface area contributed by atoms with E-state index in [9.17, 15) is 0 Å². The van der Waals surface area contributed by atoms with E-state index in [1.807, 2.05) is 30.3 Å². The van der Waals surface area contributed by atoms with Crippen LogP contribution in [0.15, 0.2) is 36.4 Å². The van der Waals surface area contributed by atoms with Crippen LogP contribution in [-0.4, -0.2) is 32.4 Å². The third-order valence-electron chi connectivity index (χ3n) is 3.61. The van der Waals surface area contributed by atoms with Crippen LogP contribution < -0.4 is 10.1 Å². The number of hydrogen-bond donors (Lipinski definition) is 1. The Bertz CT molecular complexity index is 673. The van der Waals surface area contributed by atoms with Crippen LogP contribution in [0.4, 0.5) is 0 Å². The van der Waals surface area contributed by atoms with Gasteiger partial charge in [0.15, 0.2) is 5.75 Å². The van der Waals surface area contributed by atoms with E-state index in [0.29, 0.717) is 34.0 Å². The fourth-order valence-corrected chi connectivity index (χ4v) is 3.57. The molecule has 2 aromatic carbocycles. The molecule has 0 saturated carbocycles. The van der Waals surface area contributed by atoms with Crippen LogP contribution in [0, 0.1) is 0 Å². The normalized spacial score (nSPS) is 18.0. The van der Waals surface area contributed by atoms with E-state index in [2.05, 4.69) is 5.32 Å². The SMILES string of the molecule is Clc1cc(Cl)c(-c2ccccc2)c(Cl)c1OC[C@@H]1CNCCO1. The summed E-state index contributed by atoms with van der Waals surface area (Å²) < 4.78 is 11.5. The molecule has 6 heteroatoms. The van der Waals surface area contributed by atoms with Gasteiger partial charge in [-0.1, -0.05) is 65.1 Å². The van der Waals surface area contributed by atoms with Gasteiger partial charge in [0, 0.05) is 18.7 Å². The first-order valence-electron chi connectivity index (χ1n) is 7.35. The molecule has 1 saturated heterocycles. The Morgan fingerprint density at radius 3 is 2.61 bits per heavy atom. The summed E-state index contributed by atoms with van der Waals surface area (Å²) in [6.07, 6.45) is -0.0215. The molecule has 1 aliphatic rings. The van der Waals surface area contributed by atoms with E-state index < -0.39 is 0 Å². The van der Waals surface area contributed by atoms with Crippen LogP contribution in [0.3, 0.4) is 0 Å². The van der Waals surface area contributed by atoms with E-state index in [1.54, 1.807) is 6.07 Å². The summed E-state index contributed by atoms with van der Waals surface area (Å²) in [5.41, 5.74) is 1.63. The van der Waals surface area contributed by atoms with Crippen molar-refractivity contribution in [1.29, 1.82) is 0 Å². The van der Waals surface area contributed by atoms with Crippen molar-refractivity contribution in [2.45, 2.75) is 6.10 Å². The van der Waals surface area contributed by atoms with Gasteiger partial charge in [-0.2, -0.15) is 0 Å². The Balaban J connectivity index is 1.88. The molecule has 0 aliphatic carbocycles. The lowest BCUT2D eigenvalue weighted by molar-refractivity contribution is 0.000249. The van der Waals surface area contributed by atoms with Gasteiger partial charge in [0.2, 0.25) is 0 Å². The molecule has 0 amide bonds. The number of rotatable bonds is 4. The third-order valence-corrected chi connectivity index (χ3v) is 4.55. The van der Waals surface area contributed by atoms with Crippen molar-refractivity contribution in [3.05, 3.63) is 51.5 Å². The molecule has 0 radical (unpaired) electrons. The van der Waals surface area contributed by atoms with Gasteiger partial charge in [-0.05, 0) is 11.6 Å². The second kappa shape index (κ2) is 7.73. The smallest absolute Gasteiger partial charge is 0.157 e. The highest BCUT2D eigenvalue weighted by atomic mass is 35.5. The number of ether oxygens (including phenoxy) is 2. The zero-order chi connectivity index (χ0) is 16.2. The molecule has 2 aromatic rings. The summed E-state index contributed by atoms with van der Waals surface area (Å²) in [6, 6.07) is 11.3. The molecule has 0 spiro atoms. The molecule has 122 valence electrons. The Labute approximate surface area is 150 Å². The lowest BCUT2D eigenvalue weighted by Crippen LogP contribution is -2.41. The number of morpholine rings is 1. The van der Waals surface area contributed by atoms with Gasteiger partial charge in [-0.15, -0.1) is 0 Å². The van der Waals surface area contributed by atoms with Crippen molar-refractivity contribution < 1.29 is 9.47 Å². The van der Waals surface area contributed by atoms with Crippen LogP contribution in [0.5, 0.6) is 5.75 Å². The summed E-state index contributed by atoms with van der Waals surface area (Å²) in [5, 5.41) is 4.56. The van der Waals surface area contributed by atoms with Crippen molar-refractivity contribution in [1.82, 2.24) is 5.32 Å². The molecular formula is C17H16Cl3NO2. The molecule has 1 N–H and O–H groups in total. The first kappa shape index (κ1) is 16.9. The van der Waals surface area contributed by atoms with Gasteiger partial charge in [0.25, 0.3) is 0 Å². The van der Waals surface area contributed by atoms with E-state index in [0.717, 1.165) is 24.2 Å². The highest BCUT2D eigenvalue weighted by molar-refractivity contribution is 6.43. The van der Waals surface area contributed by atoms with E-state index in [-0.39, 0.29) is 6.10 Å². The number of nitrogens with one attached hydrogen (secondary N) is 1. The lowest BCUT2D eigenvalue weighted by atomic mass is 10.1. The second-order valence-corrected chi connectivity index (χ2v) is 6.42. The molecule has 0 bridgehead atoms. The minimum atomic E-state index is -0.0215. The maximum absolute atomic E-state index is 6.52. The van der Waals surface area contributed by atoms with Gasteiger partial charge < -0.3 is 14.8 Å². The van der Waals surface area contributed by atoms with Crippen LogP contribution in [-0.2, 0) is 4.74 Å². The predicted molar refractivity (Wildman–Crippen MR) is 95.0 cm³/mol. The number of hydrogen-bond acceptors (Lipinski definition) is 3. The minimum Gasteiger partial charge on any atom is -0.488 e. The molecule has 0 unspecified atom stereocenters. The Hall–Kier alpha value is -0.970. The van der Waals surface area contributed by atoms with Crippen LogP contribution in [0.25, 0.3) is 11.1 Å². The maximum Gasteiger partial charge on any atom is 0.157 e. The Kier molecular flexibility index (Phi) is 5.67. The third kappa shape index (κ3) is 3.93. The first-order valence-corrected chi connectivity index (χ1v) is 8.48. The number of benzene rings is 2. The Morgan fingerprint density at radius 2 is 1.91 bits per heavy atom. The molecule has 3 nitrogen and oxygen atoms in total. The second-order valence-electron chi connectivity index (χ2n) is 5.23. The molecule has 0 aromatic heterocycles. The largest absolute Gasteiger partial charge is 0.488 e. The molecule has 3 rings (SSSR count). The predicted octanol–water partition coefficient (Wildman–Crippen LogP) is 4.68. The summed E-state index contributed by atoms with van der Waals surface area (Å²) in [6.45, 7) is 2.65.